The largest absolute Gasteiger partial charge is 0.478 e. The molecule has 19 heavy (non-hydrogen) atoms. The lowest BCUT2D eigenvalue weighted by Gasteiger charge is -2.08. The Morgan fingerprint density at radius 2 is 2.11 bits per heavy atom. The van der Waals surface area contributed by atoms with Crippen LogP contribution >= 0.6 is 15.9 Å². The van der Waals surface area contributed by atoms with Gasteiger partial charge in [0.1, 0.15) is 11.4 Å². The fourth-order valence-electron chi connectivity index (χ4n) is 1.43. The zero-order chi connectivity index (χ0) is 13.8. The average Bonchev–Trinajstić information content (AvgIpc) is 2.39. The Morgan fingerprint density at radius 3 is 2.74 bits per heavy atom. The summed E-state index contributed by atoms with van der Waals surface area (Å²) in [6, 6.07) is 1.50. The number of hydrogen-bond donors (Lipinski definition) is 2. The summed E-state index contributed by atoms with van der Waals surface area (Å²) in [7, 11) is 0. The van der Waals surface area contributed by atoms with Gasteiger partial charge in [0.2, 0.25) is 0 Å². The molecular weight excluding hydrogens is 312 g/mol. The van der Waals surface area contributed by atoms with Crippen LogP contribution in [0.3, 0.4) is 0 Å². The van der Waals surface area contributed by atoms with Gasteiger partial charge in [-0.15, -0.1) is 0 Å². The molecule has 7 heteroatoms. The quantitative estimate of drug-likeness (QED) is 0.897. The Bertz CT molecular complexity index is 601. The van der Waals surface area contributed by atoms with E-state index >= 15 is 0 Å². The number of carbonyl (C=O) groups is 1. The molecule has 2 heterocycles. The van der Waals surface area contributed by atoms with Gasteiger partial charge in [-0.1, -0.05) is 0 Å². The van der Waals surface area contributed by atoms with Gasteiger partial charge in [0.25, 0.3) is 0 Å². The molecule has 0 atom stereocenters. The number of rotatable bonds is 4. The van der Waals surface area contributed by atoms with Gasteiger partial charge >= 0.3 is 5.97 Å². The number of hydrogen-bond acceptors (Lipinski definition) is 5. The SMILES string of the molecule is Cc1cnc(CNc2ncc(Br)cc2C(=O)O)cn1. The highest BCUT2D eigenvalue weighted by molar-refractivity contribution is 9.10. The van der Waals surface area contributed by atoms with Crippen LogP contribution in [0.1, 0.15) is 21.7 Å². The van der Waals surface area contributed by atoms with Crippen molar-refractivity contribution in [3.63, 3.8) is 0 Å². The highest BCUT2D eigenvalue weighted by atomic mass is 79.9. The lowest BCUT2D eigenvalue weighted by Crippen LogP contribution is -2.09. The van der Waals surface area contributed by atoms with Gasteiger partial charge in [0.15, 0.2) is 0 Å². The molecule has 2 N–H and O–H groups in total. The van der Waals surface area contributed by atoms with Gasteiger partial charge in [-0.05, 0) is 28.9 Å². The number of nitrogens with zero attached hydrogens (tertiary/aromatic N) is 3. The van der Waals surface area contributed by atoms with Crippen LogP contribution < -0.4 is 5.32 Å². The highest BCUT2D eigenvalue weighted by Crippen LogP contribution is 2.18. The van der Waals surface area contributed by atoms with Crippen LogP contribution in [0.4, 0.5) is 5.82 Å². The molecule has 2 rings (SSSR count). The van der Waals surface area contributed by atoms with Crippen molar-refractivity contribution in [1.29, 1.82) is 0 Å². The summed E-state index contributed by atoms with van der Waals surface area (Å²) in [5.74, 6) is -0.732. The lowest BCUT2D eigenvalue weighted by atomic mass is 10.2. The summed E-state index contributed by atoms with van der Waals surface area (Å²) < 4.78 is 0.616. The first kappa shape index (κ1) is 13.4. The third-order valence-corrected chi connectivity index (χ3v) is 2.79. The van der Waals surface area contributed by atoms with Gasteiger partial charge in [-0.2, -0.15) is 0 Å². The number of aromatic nitrogens is 3. The number of aryl methyl sites for hydroxylation is 1. The van der Waals surface area contributed by atoms with E-state index in [0.717, 1.165) is 5.69 Å². The highest BCUT2D eigenvalue weighted by Gasteiger charge is 2.12. The molecule has 0 aliphatic carbocycles. The fourth-order valence-corrected chi connectivity index (χ4v) is 1.76. The van der Waals surface area contributed by atoms with Crippen LogP contribution in [0.5, 0.6) is 0 Å². The summed E-state index contributed by atoms with van der Waals surface area (Å²) in [5, 5.41) is 12.0. The number of halogens is 1. The van der Waals surface area contributed by atoms with E-state index in [9.17, 15) is 4.79 Å². The Kier molecular flexibility index (Phi) is 4.06. The fraction of sp³-hybridized carbons (Fsp3) is 0.167. The summed E-state index contributed by atoms with van der Waals surface area (Å²) in [4.78, 5) is 23.4. The van der Waals surface area contributed by atoms with E-state index in [-0.39, 0.29) is 5.56 Å². The number of carboxylic acids is 1. The Balaban J connectivity index is 2.15. The van der Waals surface area contributed by atoms with Crippen molar-refractivity contribution in [3.05, 3.63) is 46.1 Å². The molecule has 0 aliphatic rings. The van der Waals surface area contributed by atoms with Crippen molar-refractivity contribution in [2.24, 2.45) is 0 Å². The van der Waals surface area contributed by atoms with Crippen LogP contribution in [0, 0.1) is 6.92 Å². The molecule has 0 aromatic carbocycles. The lowest BCUT2D eigenvalue weighted by molar-refractivity contribution is 0.0697. The van der Waals surface area contributed by atoms with Gasteiger partial charge in [0.05, 0.1) is 24.1 Å². The molecule has 0 spiro atoms. The van der Waals surface area contributed by atoms with E-state index in [2.05, 4.69) is 36.2 Å². The third kappa shape index (κ3) is 3.47. The minimum Gasteiger partial charge on any atom is -0.478 e. The molecular formula is C12H11BrN4O2. The van der Waals surface area contributed by atoms with Crippen molar-refractivity contribution in [3.8, 4) is 0 Å². The average molecular weight is 323 g/mol. The number of pyridine rings is 1. The molecule has 0 radical (unpaired) electrons. The number of carboxylic acid groups (broad SMARTS) is 1. The monoisotopic (exact) mass is 322 g/mol. The van der Waals surface area contributed by atoms with E-state index in [1.165, 1.54) is 12.3 Å². The van der Waals surface area contributed by atoms with Crippen LogP contribution in [-0.4, -0.2) is 26.0 Å². The summed E-state index contributed by atoms with van der Waals surface area (Å²) in [5.41, 5.74) is 1.65. The Labute approximate surface area is 118 Å². The molecule has 0 fully saturated rings. The first-order chi connectivity index (χ1) is 9.06. The van der Waals surface area contributed by atoms with Gasteiger partial charge in [0, 0.05) is 16.9 Å². The van der Waals surface area contributed by atoms with Gasteiger partial charge < -0.3 is 10.4 Å². The third-order valence-electron chi connectivity index (χ3n) is 2.36. The predicted octanol–water partition coefficient (Wildman–Crippen LogP) is 2.25. The van der Waals surface area contributed by atoms with Crippen molar-refractivity contribution in [1.82, 2.24) is 15.0 Å². The summed E-state index contributed by atoms with van der Waals surface area (Å²) in [6.07, 6.45) is 4.83. The summed E-state index contributed by atoms with van der Waals surface area (Å²) >= 11 is 3.19. The molecule has 0 aliphatic heterocycles. The van der Waals surface area contributed by atoms with Crippen molar-refractivity contribution < 1.29 is 9.90 Å². The standard InChI is InChI=1S/C12H11BrN4O2/c1-7-3-15-9(5-14-7)6-17-11-10(12(18)19)2-8(13)4-16-11/h2-5H,6H2,1H3,(H,16,17)(H,18,19). The van der Waals surface area contributed by atoms with Crippen LogP contribution in [0.2, 0.25) is 0 Å². The second-order valence-electron chi connectivity index (χ2n) is 3.86. The number of nitrogens with one attached hydrogen (secondary N) is 1. The van der Waals surface area contributed by atoms with E-state index in [4.69, 9.17) is 5.11 Å². The molecule has 0 unspecified atom stereocenters. The van der Waals surface area contributed by atoms with Crippen molar-refractivity contribution in [2.45, 2.75) is 13.5 Å². The Morgan fingerprint density at radius 1 is 1.32 bits per heavy atom. The van der Waals surface area contributed by atoms with Crippen molar-refractivity contribution in [2.75, 3.05) is 5.32 Å². The van der Waals surface area contributed by atoms with Gasteiger partial charge in [-0.3, -0.25) is 9.97 Å². The predicted molar refractivity (Wildman–Crippen MR) is 73.0 cm³/mol. The maximum absolute atomic E-state index is 11.1. The molecule has 6 nitrogen and oxygen atoms in total. The van der Waals surface area contributed by atoms with Crippen LogP contribution in [0.15, 0.2) is 29.1 Å². The second-order valence-corrected chi connectivity index (χ2v) is 4.77. The maximum atomic E-state index is 11.1. The topological polar surface area (TPSA) is 88.0 Å². The van der Waals surface area contributed by atoms with E-state index in [1.54, 1.807) is 12.4 Å². The summed E-state index contributed by atoms with van der Waals surface area (Å²) in [6.45, 7) is 2.21. The minimum absolute atomic E-state index is 0.106. The number of anilines is 1. The zero-order valence-corrected chi connectivity index (χ0v) is 11.7. The molecule has 0 saturated heterocycles. The second kappa shape index (κ2) is 5.75. The van der Waals surface area contributed by atoms with Crippen molar-refractivity contribution >= 4 is 27.7 Å². The van der Waals surface area contributed by atoms with E-state index in [1.807, 2.05) is 6.92 Å². The minimum atomic E-state index is -1.04. The zero-order valence-electron chi connectivity index (χ0n) is 10.1. The smallest absolute Gasteiger partial charge is 0.339 e. The normalized spacial score (nSPS) is 10.2. The first-order valence-corrected chi connectivity index (χ1v) is 6.26. The molecule has 0 bridgehead atoms. The van der Waals surface area contributed by atoms with E-state index in [0.29, 0.717) is 22.5 Å². The molecule has 98 valence electrons. The number of aromatic carboxylic acids is 1. The van der Waals surface area contributed by atoms with Crippen LogP contribution in [0.25, 0.3) is 0 Å². The van der Waals surface area contributed by atoms with Gasteiger partial charge in [-0.25, -0.2) is 9.78 Å². The molecule has 2 aromatic heterocycles. The molecule has 2 aromatic rings. The van der Waals surface area contributed by atoms with Crippen LogP contribution in [-0.2, 0) is 6.54 Å². The van der Waals surface area contributed by atoms with E-state index < -0.39 is 5.97 Å². The first-order valence-electron chi connectivity index (χ1n) is 5.46. The maximum Gasteiger partial charge on any atom is 0.339 e. The molecule has 0 amide bonds. The molecule has 0 saturated carbocycles. The Hall–Kier alpha value is -2.02.